The zero-order valence-electron chi connectivity index (χ0n) is 11.2. The summed E-state index contributed by atoms with van der Waals surface area (Å²) < 4.78 is 36.2. The molecule has 1 heterocycles. The second kappa shape index (κ2) is 6.15. The molecule has 21 heavy (non-hydrogen) atoms. The van der Waals surface area contributed by atoms with Crippen molar-refractivity contribution in [2.75, 3.05) is 24.5 Å². The quantitative estimate of drug-likeness (QED) is 0.930. The minimum Gasteiger partial charge on any atom is -0.362 e. The molecule has 1 aliphatic rings. The lowest BCUT2D eigenvalue weighted by Crippen LogP contribution is -2.41. The van der Waals surface area contributed by atoms with Gasteiger partial charge >= 0.3 is 6.18 Å². The number of amides is 1. The van der Waals surface area contributed by atoms with E-state index in [-0.39, 0.29) is 12.3 Å². The third-order valence-electron chi connectivity index (χ3n) is 3.20. The standard InChI is InChI=1S/C14H15F3N2O2/c15-14(16,17)9-18-13(21)8-19-7-3-6-12(20)10-4-1-2-5-11(10)19/h1-2,4-5H,3,6-9H2,(H,18,21). The fourth-order valence-corrected chi connectivity index (χ4v) is 2.26. The molecule has 1 aromatic carbocycles. The van der Waals surface area contributed by atoms with E-state index in [4.69, 9.17) is 0 Å². The molecule has 0 fully saturated rings. The zero-order chi connectivity index (χ0) is 15.5. The summed E-state index contributed by atoms with van der Waals surface area (Å²) in [5, 5.41) is 1.84. The highest BCUT2D eigenvalue weighted by Gasteiger charge is 2.28. The number of carbonyl (C=O) groups is 2. The molecule has 2 rings (SSSR count). The van der Waals surface area contributed by atoms with Crippen molar-refractivity contribution in [3.8, 4) is 0 Å². The van der Waals surface area contributed by atoms with E-state index in [1.165, 1.54) is 0 Å². The first-order valence-electron chi connectivity index (χ1n) is 6.57. The summed E-state index contributed by atoms with van der Waals surface area (Å²) in [6, 6.07) is 6.83. The number of para-hydroxylation sites is 1. The fraction of sp³-hybridized carbons (Fsp3) is 0.429. The number of ketones is 1. The van der Waals surface area contributed by atoms with Crippen molar-refractivity contribution < 1.29 is 22.8 Å². The first-order valence-corrected chi connectivity index (χ1v) is 6.57. The number of anilines is 1. The lowest BCUT2D eigenvalue weighted by molar-refractivity contribution is -0.137. The lowest BCUT2D eigenvalue weighted by atomic mass is 10.1. The van der Waals surface area contributed by atoms with E-state index in [9.17, 15) is 22.8 Å². The number of fused-ring (bicyclic) bond motifs is 1. The van der Waals surface area contributed by atoms with Gasteiger partial charge in [0.25, 0.3) is 0 Å². The van der Waals surface area contributed by atoms with E-state index in [2.05, 4.69) is 0 Å². The average molecular weight is 300 g/mol. The van der Waals surface area contributed by atoms with Crippen molar-refractivity contribution in [3.05, 3.63) is 29.8 Å². The molecule has 4 nitrogen and oxygen atoms in total. The Hall–Kier alpha value is -2.05. The van der Waals surface area contributed by atoms with Crippen LogP contribution in [0.1, 0.15) is 23.2 Å². The van der Waals surface area contributed by atoms with Crippen LogP contribution in [-0.2, 0) is 4.79 Å². The number of alkyl halides is 3. The molecule has 0 aliphatic carbocycles. The molecular formula is C14H15F3N2O2. The molecule has 1 N–H and O–H groups in total. The number of Topliss-reactive ketones (excluding diaryl/α,β-unsaturated/α-hetero) is 1. The van der Waals surface area contributed by atoms with Crippen LogP contribution in [0.2, 0.25) is 0 Å². The number of hydrogen-bond donors (Lipinski definition) is 1. The largest absolute Gasteiger partial charge is 0.405 e. The van der Waals surface area contributed by atoms with E-state index >= 15 is 0 Å². The van der Waals surface area contributed by atoms with Gasteiger partial charge in [-0.15, -0.1) is 0 Å². The molecule has 0 atom stereocenters. The van der Waals surface area contributed by atoms with Crippen LogP contribution in [-0.4, -0.2) is 37.5 Å². The maximum atomic E-state index is 12.1. The molecule has 114 valence electrons. The summed E-state index contributed by atoms with van der Waals surface area (Å²) in [7, 11) is 0. The topological polar surface area (TPSA) is 49.4 Å². The summed E-state index contributed by atoms with van der Waals surface area (Å²) in [4.78, 5) is 25.2. The summed E-state index contributed by atoms with van der Waals surface area (Å²) in [6.07, 6.45) is -3.49. The van der Waals surface area contributed by atoms with Crippen molar-refractivity contribution in [1.29, 1.82) is 0 Å². The van der Waals surface area contributed by atoms with Gasteiger partial charge in [0.15, 0.2) is 5.78 Å². The van der Waals surface area contributed by atoms with Gasteiger partial charge < -0.3 is 10.2 Å². The summed E-state index contributed by atoms with van der Waals surface area (Å²) in [5.74, 6) is -0.722. The molecule has 0 spiro atoms. The van der Waals surface area contributed by atoms with E-state index < -0.39 is 18.6 Å². The number of rotatable bonds is 3. The Balaban J connectivity index is 2.08. The van der Waals surface area contributed by atoms with Crippen molar-refractivity contribution >= 4 is 17.4 Å². The maximum Gasteiger partial charge on any atom is 0.405 e. The average Bonchev–Trinajstić information content (AvgIpc) is 2.57. The maximum absolute atomic E-state index is 12.1. The molecule has 0 unspecified atom stereocenters. The molecule has 0 aromatic heterocycles. The number of nitrogens with zero attached hydrogens (tertiary/aromatic N) is 1. The second-order valence-electron chi connectivity index (χ2n) is 4.86. The number of nitrogens with one attached hydrogen (secondary N) is 1. The lowest BCUT2D eigenvalue weighted by Gasteiger charge is -2.24. The Kier molecular flexibility index (Phi) is 4.50. The van der Waals surface area contributed by atoms with Gasteiger partial charge in [-0.3, -0.25) is 9.59 Å². The van der Waals surface area contributed by atoms with Crippen molar-refractivity contribution in [3.63, 3.8) is 0 Å². The number of benzene rings is 1. The first-order chi connectivity index (χ1) is 9.87. The van der Waals surface area contributed by atoms with Crippen molar-refractivity contribution in [2.24, 2.45) is 0 Å². The summed E-state index contributed by atoms with van der Waals surface area (Å²) in [5.41, 5.74) is 1.11. The Morgan fingerprint density at radius 1 is 1.29 bits per heavy atom. The van der Waals surface area contributed by atoms with Crippen molar-refractivity contribution in [2.45, 2.75) is 19.0 Å². The predicted molar refractivity (Wildman–Crippen MR) is 71.3 cm³/mol. The summed E-state index contributed by atoms with van der Waals surface area (Å²) >= 11 is 0. The van der Waals surface area contributed by atoms with Crippen LogP contribution in [0.15, 0.2) is 24.3 Å². The Labute approximate surface area is 119 Å². The minimum absolute atomic E-state index is 0.0104. The third-order valence-corrected chi connectivity index (χ3v) is 3.20. The van der Waals surface area contributed by atoms with Crippen LogP contribution >= 0.6 is 0 Å². The van der Waals surface area contributed by atoms with Gasteiger partial charge in [0.1, 0.15) is 6.54 Å². The number of hydrogen-bond acceptors (Lipinski definition) is 3. The smallest absolute Gasteiger partial charge is 0.362 e. The molecule has 0 radical (unpaired) electrons. The Morgan fingerprint density at radius 2 is 2.00 bits per heavy atom. The van der Waals surface area contributed by atoms with Gasteiger partial charge in [-0.25, -0.2) is 0 Å². The van der Waals surface area contributed by atoms with Gasteiger partial charge in [0.2, 0.25) is 5.91 Å². The van der Waals surface area contributed by atoms with Gasteiger partial charge in [-0.2, -0.15) is 13.2 Å². The highest BCUT2D eigenvalue weighted by atomic mass is 19.4. The number of carbonyl (C=O) groups excluding carboxylic acids is 2. The Morgan fingerprint density at radius 3 is 2.71 bits per heavy atom. The molecular weight excluding hydrogens is 285 g/mol. The van der Waals surface area contributed by atoms with Crippen LogP contribution in [0.5, 0.6) is 0 Å². The Bertz CT molecular complexity index is 543. The van der Waals surface area contributed by atoms with Gasteiger partial charge in [0, 0.05) is 24.2 Å². The molecule has 1 aromatic rings. The highest BCUT2D eigenvalue weighted by Crippen LogP contribution is 2.25. The summed E-state index contributed by atoms with van der Waals surface area (Å²) in [6.45, 7) is -1.08. The molecule has 7 heteroatoms. The van der Waals surface area contributed by atoms with Crippen LogP contribution in [0, 0.1) is 0 Å². The zero-order valence-corrected chi connectivity index (χ0v) is 11.2. The van der Waals surface area contributed by atoms with E-state index in [1.807, 2.05) is 5.32 Å². The third kappa shape index (κ3) is 4.21. The second-order valence-corrected chi connectivity index (χ2v) is 4.86. The predicted octanol–water partition coefficient (Wildman–Crippen LogP) is 2.15. The van der Waals surface area contributed by atoms with Crippen molar-refractivity contribution in [1.82, 2.24) is 5.32 Å². The van der Waals surface area contributed by atoms with Crippen LogP contribution < -0.4 is 10.2 Å². The highest BCUT2D eigenvalue weighted by molar-refractivity contribution is 6.02. The first kappa shape index (κ1) is 15.3. The molecule has 0 bridgehead atoms. The SMILES string of the molecule is O=C(CN1CCCC(=O)c2ccccc21)NCC(F)(F)F. The molecule has 0 saturated carbocycles. The monoisotopic (exact) mass is 300 g/mol. The molecule has 1 amide bonds. The van der Waals surface area contributed by atoms with E-state index in [1.54, 1.807) is 29.2 Å². The van der Waals surface area contributed by atoms with Crippen LogP contribution in [0.4, 0.5) is 18.9 Å². The minimum atomic E-state index is -4.43. The van der Waals surface area contributed by atoms with Gasteiger partial charge in [-0.05, 0) is 18.6 Å². The number of halogens is 3. The molecule has 1 aliphatic heterocycles. The van der Waals surface area contributed by atoms with Crippen LogP contribution in [0.3, 0.4) is 0 Å². The van der Waals surface area contributed by atoms with Gasteiger partial charge in [0.05, 0.1) is 6.54 Å². The van der Waals surface area contributed by atoms with Gasteiger partial charge in [-0.1, -0.05) is 12.1 Å². The van der Waals surface area contributed by atoms with E-state index in [0.717, 1.165) is 0 Å². The van der Waals surface area contributed by atoms with E-state index in [0.29, 0.717) is 30.6 Å². The molecule has 0 saturated heterocycles. The normalized spacial score (nSPS) is 15.4. The van der Waals surface area contributed by atoms with Crippen LogP contribution in [0.25, 0.3) is 0 Å². The fourth-order valence-electron chi connectivity index (χ4n) is 2.26.